The summed E-state index contributed by atoms with van der Waals surface area (Å²) in [7, 11) is 0. The lowest BCUT2D eigenvalue weighted by Gasteiger charge is -2.33. The van der Waals surface area contributed by atoms with Crippen molar-refractivity contribution in [2.24, 2.45) is 0 Å². The Morgan fingerprint density at radius 3 is 2.70 bits per heavy atom. The van der Waals surface area contributed by atoms with Gasteiger partial charge in [0, 0.05) is 18.3 Å². The molecule has 1 aliphatic heterocycles. The number of carbonyl (C=O) groups excluding carboxylic acids is 1. The third kappa shape index (κ3) is 3.72. The van der Waals surface area contributed by atoms with Gasteiger partial charge in [-0.2, -0.15) is 11.8 Å². The average Bonchev–Trinajstić information content (AvgIpc) is 2.47. The lowest BCUT2D eigenvalue weighted by Crippen LogP contribution is -2.56. The van der Waals surface area contributed by atoms with E-state index in [-0.39, 0.29) is 12.3 Å². The molecular weight excluding hydrogens is 276 g/mol. The number of aliphatic carboxylic acids is 1. The number of hydrogen-bond acceptors (Lipinski definition) is 4. The number of hydrogen-bond donors (Lipinski definition) is 2. The minimum absolute atomic E-state index is 0.218. The third-order valence-electron chi connectivity index (χ3n) is 3.47. The van der Waals surface area contributed by atoms with Gasteiger partial charge in [-0.1, -0.05) is 6.07 Å². The van der Waals surface area contributed by atoms with Crippen LogP contribution in [-0.4, -0.2) is 39.0 Å². The van der Waals surface area contributed by atoms with Crippen molar-refractivity contribution in [3.63, 3.8) is 0 Å². The summed E-state index contributed by atoms with van der Waals surface area (Å²) in [6, 6.07) is 5.55. The summed E-state index contributed by atoms with van der Waals surface area (Å²) in [6.07, 6.45) is 3.45. The molecule has 2 heterocycles. The van der Waals surface area contributed by atoms with Gasteiger partial charge >= 0.3 is 5.97 Å². The van der Waals surface area contributed by atoms with Crippen LogP contribution in [0.1, 0.15) is 25.0 Å². The largest absolute Gasteiger partial charge is 0.480 e. The van der Waals surface area contributed by atoms with Crippen LogP contribution in [0, 0.1) is 0 Å². The maximum atomic E-state index is 12.0. The van der Waals surface area contributed by atoms with Crippen LogP contribution in [0.2, 0.25) is 0 Å². The van der Waals surface area contributed by atoms with E-state index in [1.54, 1.807) is 18.0 Å². The average molecular weight is 294 g/mol. The summed E-state index contributed by atoms with van der Waals surface area (Å²) >= 11 is 1.73. The summed E-state index contributed by atoms with van der Waals surface area (Å²) in [6.45, 7) is 0. The molecule has 0 spiro atoms. The van der Waals surface area contributed by atoms with Crippen molar-refractivity contribution in [2.45, 2.75) is 31.2 Å². The standard InChI is InChI=1S/C14H18N2O3S/c17-12(5-4-11-3-1-2-8-15-11)16-14(13(18)19)6-9-20-10-7-14/h1-3,8H,4-7,9-10H2,(H,16,17)(H,18,19). The van der Waals surface area contributed by atoms with Crippen molar-refractivity contribution < 1.29 is 14.7 Å². The highest BCUT2D eigenvalue weighted by atomic mass is 32.2. The molecule has 0 unspecified atom stereocenters. The van der Waals surface area contributed by atoms with E-state index in [9.17, 15) is 14.7 Å². The minimum atomic E-state index is -1.08. The number of aryl methyl sites for hydroxylation is 1. The number of aromatic nitrogens is 1. The van der Waals surface area contributed by atoms with E-state index in [1.807, 2.05) is 18.2 Å². The molecule has 1 fully saturated rings. The number of rotatable bonds is 5. The van der Waals surface area contributed by atoms with Crippen molar-refractivity contribution in [3.05, 3.63) is 30.1 Å². The van der Waals surface area contributed by atoms with Gasteiger partial charge in [-0.25, -0.2) is 4.79 Å². The summed E-state index contributed by atoms with van der Waals surface area (Å²) in [5.41, 5.74) is -0.238. The van der Waals surface area contributed by atoms with E-state index < -0.39 is 11.5 Å². The molecule has 108 valence electrons. The Labute approximate surface area is 122 Å². The first kappa shape index (κ1) is 14.8. The SMILES string of the molecule is O=C(CCc1ccccn1)NC1(C(=O)O)CCSCC1. The second-order valence-electron chi connectivity index (χ2n) is 4.87. The van der Waals surface area contributed by atoms with Crippen LogP contribution in [0.3, 0.4) is 0 Å². The van der Waals surface area contributed by atoms with Gasteiger partial charge in [-0.05, 0) is 42.9 Å². The number of carboxylic acid groups (broad SMARTS) is 1. The van der Waals surface area contributed by atoms with Crippen LogP contribution in [0.25, 0.3) is 0 Å². The van der Waals surface area contributed by atoms with Crippen molar-refractivity contribution in [3.8, 4) is 0 Å². The molecule has 1 amide bonds. The van der Waals surface area contributed by atoms with Crippen LogP contribution in [-0.2, 0) is 16.0 Å². The zero-order valence-corrected chi connectivity index (χ0v) is 12.0. The topological polar surface area (TPSA) is 79.3 Å². The van der Waals surface area contributed by atoms with E-state index >= 15 is 0 Å². The molecule has 0 aliphatic carbocycles. The number of carbonyl (C=O) groups is 2. The highest BCUT2D eigenvalue weighted by molar-refractivity contribution is 7.99. The van der Waals surface area contributed by atoms with Crippen molar-refractivity contribution in [2.75, 3.05) is 11.5 Å². The lowest BCUT2D eigenvalue weighted by atomic mass is 9.92. The fourth-order valence-electron chi connectivity index (χ4n) is 2.23. The Kier molecular flexibility index (Phi) is 5.00. The molecule has 1 aliphatic rings. The first-order chi connectivity index (χ1) is 9.62. The Morgan fingerprint density at radius 2 is 2.10 bits per heavy atom. The molecule has 5 nitrogen and oxygen atoms in total. The molecule has 1 aromatic heterocycles. The number of pyridine rings is 1. The van der Waals surface area contributed by atoms with Crippen LogP contribution in [0.15, 0.2) is 24.4 Å². The zero-order chi connectivity index (χ0) is 14.4. The molecule has 0 saturated carbocycles. The fourth-order valence-corrected chi connectivity index (χ4v) is 3.42. The molecule has 0 atom stereocenters. The summed E-state index contributed by atoms with van der Waals surface area (Å²) in [5, 5.41) is 12.1. The van der Waals surface area contributed by atoms with E-state index in [1.165, 1.54) is 0 Å². The number of carboxylic acids is 1. The summed E-state index contributed by atoms with van der Waals surface area (Å²) < 4.78 is 0. The second kappa shape index (κ2) is 6.74. The van der Waals surface area contributed by atoms with E-state index in [0.717, 1.165) is 17.2 Å². The molecule has 2 N–H and O–H groups in total. The van der Waals surface area contributed by atoms with Gasteiger partial charge in [-0.3, -0.25) is 9.78 Å². The Balaban J connectivity index is 1.90. The molecule has 1 aromatic rings. The number of nitrogens with one attached hydrogen (secondary N) is 1. The van der Waals surface area contributed by atoms with E-state index in [2.05, 4.69) is 10.3 Å². The number of amides is 1. The maximum Gasteiger partial charge on any atom is 0.329 e. The molecule has 0 radical (unpaired) electrons. The fraction of sp³-hybridized carbons (Fsp3) is 0.500. The van der Waals surface area contributed by atoms with E-state index in [0.29, 0.717) is 19.3 Å². The third-order valence-corrected chi connectivity index (χ3v) is 4.45. The first-order valence-corrected chi connectivity index (χ1v) is 7.80. The molecule has 2 rings (SSSR count). The zero-order valence-electron chi connectivity index (χ0n) is 11.2. The van der Waals surface area contributed by atoms with Gasteiger partial charge in [0.1, 0.15) is 5.54 Å². The molecule has 1 saturated heterocycles. The number of nitrogens with zero attached hydrogens (tertiary/aromatic N) is 1. The van der Waals surface area contributed by atoms with Gasteiger partial charge in [0.05, 0.1) is 0 Å². The summed E-state index contributed by atoms with van der Waals surface area (Å²) in [4.78, 5) is 27.6. The molecule has 0 aromatic carbocycles. The van der Waals surface area contributed by atoms with Gasteiger partial charge in [0.15, 0.2) is 0 Å². The number of thioether (sulfide) groups is 1. The predicted molar refractivity (Wildman–Crippen MR) is 77.6 cm³/mol. The second-order valence-corrected chi connectivity index (χ2v) is 6.09. The Morgan fingerprint density at radius 1 is 1.35 bits per heavy atom. The van der Waals surface area contributed by atoms with Crippen molar-refractivity contribution in [1.82, 2.24) is 10.3 Å². The maximum absolute atomic E-state index is 12.0. The van der Waals surface area contributed by atoms with E-state index in [4.69, 9.17) is 0 Å². The highest BCUT2D eigenvalue weighted by Crippen LogP contribution is 2.27. The lowest BCUT2D eigenvalue weighted by molar-refractivity contribution is -0.148. The predicted octanol–water partition coefficient (Wildman–Crippen LogP) is 1.48. The van der Waals surface area contributed by atoms with Gasteiger partial charge in [0.25, 0.3) is 0 Å². The van der Waals surface area contributed by atoms with Crippen LogP contribution < -0.4 is 5.32 Å². The highest BCUT2D eigenvalue weighted by Gasteiger charge is 2.41. The smallest absolute Gasteiger partial charge is 0.329 e. The van der Waals surface area contributed by atoms with Crippen LogP contribution in [0.5, 0.6) is 0 Å². The monoisotopic (exact) mass is 294 g/mol. The molecule has 0 bridgehead atoms. The minimum Gasteiger partial charge on any atom is -0.480 e. The van der Waals surface area contributed by atoms with Gasteiger partial charge < -0.3 is 10.4 Å². The summed E-state index contributed by atoms with van der Waals surface area (Å²) in [5.74, 6) is 0.397. The van der Waals surface area contributed by atoms with Crippen LogP contribution >= 0.6 is 11.8 Å². The van der Waals surface area contributed by atoms with Gasteiger partial charge in [-0.15, -0.1) is 0 Å². The molecule has 20 heavy (non-hydrogen) atoms. The Bertz CT molecular complexity index is 473. The Hall–Kier alpha value is -1.56. The normalized spacial score (nSPS) is 17.4. The van der Waals surface area contributed by atoms with Crippen molar-refractivity contribution in [1.29, 1.82) is 0 Å². The first-order valence-electron chi connectivity index (χ1n) is 6.64. The van der Waals surface area contributed by atoms with Gasteiger partial charge in [0.2, 0.25) is 5.91 Å². The molecule has 6 heteroatoms. The van der Waals surface area contributed by atoms with Crippen molar-refractivity contribution >= 4 is 23.6 Å². The molecular formula is C14H18N2O3S. The quantitative estimate of drug-likeness (QED) is 0.860. The van der Waals surface area contributed by atoms with Crippen LogP contribution in [0.4, 0.5) is 0 Å².